The molecule has 0 saturated carbocycles. The maximum atomic E-state index is 13.6. The molecule has 1 aromatic rings. The molecule has 4 N–H and O–H groups in total. The molecule has 0 fully saturated rings. The topological polar surface area (TPSA) is 84.6 Å². The molecule has 0 aliphatic rings. The van der Waals surface area contributed by atoms with E-state index in [9.17, 15) is 9.18 Å². The van der Waals surface area contributed by atoms with Gasteiger partial charge in [0.2, 0.25) is 0 Å². The van der Waals surface area contributed by atoms with E-state index in [2.05, 4.69) is 5.32 Å². The van der Waals surface area contributed by atoms with Gasteiger partial charge in [-0.15, -0.1) is 0 Å². The van der Waals surface area contributed by atoms with E-state index in [-0.39, 0.29) is 18.7 Å². The minimum Gasteiger partial charge on any atom is -0.508 e. The normalized spacial score (nSPS) is 12.8. The van der Waals surface area contributed by atoms with Gasteiger partial charge in [-0.2, -0.15) is 0 Å². The number of hydrogen-bond acceptors (Lipinski definition) is 4. The number of carbonyl (C=O) groups is 1. The van der Waals surface area contributed by atoms with Crippen LogP contribution in [-0.2, 0) is 11.2 Å². The fourth-order valence-electron chi connectivity index (χ4n) is 1.63. The number of ether oxygens (including phenoxy) is 1. The van der Waals surface area contributed by atoms with Gasteiger partial charge in [-0.3, -0.25) is 0 Å². The van der Waals surface area contributed by atoms with Gasteiger partial charge in [0.05, 0.1) is 0 Å². The maximum absolute atomic E-state index is 13.6. The van der Waals surface area contributed by atoms with E-state index in [0.717, 1.165) is 6.07 Å². The molecule has 0 aliphatic heterocycles. The van der Waals surface area contributed by atoms with E-state index in [1.54, 1.807) is 20.8 Å². The average Bonchev–Trinajstić information content (AvgIpc) is 2.29. The van der Waals surface area contributed by atoms with Crippen molar-refractivity contribution in [1.82, 2.24) is 5.32 Å². The van der Waals surface area contributed by atoms with E-state index >= 15 is 0 Å². The smallest absolute Gasteiger partial charge is 0.407 e. The van der Waals surface area contributed by atoms with Crippen LogP contribution in [0, 0.1) is 5.82 Å². The summed E-state index contributed by atoms with van der Waals surface area (Å²) in [6.45, 7) is 5.41. The molecule has 6 heteroatoms. The Morgan fingerprint density at radius 3 is 2.65 bits per heavy atom. The number of hydrogen-bond donors (Lipinski definition) is 3. The van der Waals surface area contributed by atoms with E-state index in [1.165, 1.54) is 12.1 Å². The number of nitrogens with one attached hydrogen (secondary N) is 1. The lowest BCUT2D eigenvalue weighted by atomic mass is 10.1. The van der Waals surface area contributed by atoms with Crippen molar-refractivity contribution >= 4 is 6.09 Å². The van der Waals surface area contributed by atoms with Crippen molar-refractivity contribution < 1.29 is 19.0 Å². The summed E-state index contributed by atoms with van der Waals surface area (Å²) < 4.78 is 18.7. The Bertz CT molecular complexity index is 472. The first-order chi connectivity index (χ1) is 9.21. The number of aromatic hydroxyl groups is 1. The van der Waals surface area contributed by atoms with Crippen LogP contribution in [0.15, 0.2) is 18.2 Å². The van der Waals surface area contributed by atoms with Crippen LogP contribution in [0.25, 0.3) is 0 Å². The van der Waals surface area contributed by atoms with Gasteiger partial charge in [0, 0.05) is 18.7 Å². The van der Waals surface area contributed by atoms with Crippen molar-refractivity contribution in [2.75, 3.05) is 6.54 Å². The molecule has 1 amide bonds. The van der Waals surface area contributed by atoms with Crippen LogP contribution in [0.2, 0.25) is 0 Å². The van der Waals surface area contributed by atoms with E-state index in [4.69, 9.17) is 15.6 Å². The standard InChI is InChI=1S/C14H21FN2O3/c1-14(2,3)20-13(19)17-10(8-16)6-9-4-5-11(18)7-12(9)15/h4-5,7,10,18H,6,8,16H2,1-3H3,(H,17,19). The summed E-state index contributed by atoms with van der Waals surface area (Å²) in [6, 6.07) is 3.43. The SMILES string of the molecule is CC(C)(C)OC(=O)NC(CN)Cc1ccc(O)cc1F. The second-order valence-electron chi connectivity index (χ2n) is 5.56. The van der Waals surface area contributed by atoms with Gasteiger partial charge in [-0.05, 0) is 38.8 Å². The third-order valence-electron chi connectivity index (χ3n) is 2.51. The molecule has 1 unspecified atom stereocenters. The number of phenols is 1. The van der Waals surface area contributed by atoms with Gasteiger partial charge in [-0.25, -0.2) is 9.18 Å². The number of benzene rings is 1. The Kier molecular flexibility index (Phi) is 5.33. The van der Waals surface area contributed by atoms with E-state index in [1.807, 2.05) is 0 Å². The molecular formula is C14H21FN2O3. The Balaban J connectivity index is 2.65. The van der Waals surface area contributed by atoms with Crippen molar-refractivity contribution in [2.45, 2.75) is 38.8 Å². The van der Waals surface area contributed by atoms with Crippen LogP contribution in [-0.4, -0.2) is 29.4 Å². The highest BCUT2D eigenvalue weighted by molar-refractivity contribution is 5.68. The molecule has 0 saturated heterocycles. The van der Waals surface area contributed by atoms with Gasteiger partial charge in [0.15, 0.2) is 0 Å². The summed E-state index contributed by atoms with van der Waals surface area (Å²) in [4.78, 5) is 11.6. The highest BCUT2D eigenvalue weighted by Crippen LogP contribution is 2.16. The maximum Gasteiger partial charge on any atom is 0.407 e. The summed E-state index contributed by atoms with van der Waals surface area (Å²) in [5.74, 6) is -0.676. The number of amides is 1. The molecular weight excluding hydrogens is 263 g/mol. The molecule has 112 valence electrons. The van der Waals surface area contributed by atoms with E-state index in [0.29, 0.717) is 5.56 Å². The molecule has 0 spiro atoms. The number of phenolic OH excluding ortho intramolecular Hbond substituents is 1. The van der Waals surface area contributed by atoms with Gasteiger partial charge < -0.3 is 20.9 Å². The Morgan fingerprint density at radius 1 is 1.50 bits per heavy atom. The fraction of sp³-hybridized carbons (Fsp3) is 0.500. The first-order valence-corrected chi connectivity index (χ1v) is 6.38. The minimum atomic E-state index is -0.604. The summed E-state index contributed by atoms with van der Waals surface area (Å²) in [5.41, 5.74) is 5.34. The van der Waals surface area contributed by atoms with Gasteiger partial charge in [-0.1, -0.05) is 6.07 Å². The molecule has 1 rings (SSSR count). The van der Waals surface area contributed by atoms with Crippen LogP contribution < -0.4 is 11.1 Å². The van der Waals surface area contributed by atoms with Crippen LogP contribution in [0.3, 0.4) is 0 Å². The number of nitrogens with two attached hydrogens (primary N) is 1. The van der Waals surface area contributed by atoms with Gasteiger partial charge in [0.1, 0.15) is 17.2 Å². The first-order valence-electron chi connectivity index (χ1n) is 6.38. The number of alkyl carbamates (subject to hydrolysis) is 1. The quantitative estimate of drug-likeness (QED) is 0.788. The summed E-state index contributed by atoms with van der Waals surface area (Å²) in [7, 11) is 0. The molecule has 0 aromatic heterocycles. The predicted molar refractivity (Wildman–Crippen MR) is 74.0 cm³/mol. The van der Waals surface area contributed by atoms with Crippen LogP contribution in [0.5, 0.6) is 5.75 Å². The minimum absolute atomic E-state index is 0.143. The van der Waals surface area contributed by atoms with Crippen molar-refractivity contribution in [2.24, 2.45) is 5.73 Å². The summed E-state index contributed by atoms with van der Waals surface area (Å²) in [6.07, 6.45) is -0.367. The highest BCUT2D eigenvalue weighted by Gasteiger charge is 2.19. The molecule has 1 aromatic carbocycles. The van der Waals surface area contributed by atoms with Crippen molar-refractivity contribution in [3.8, 4) is 5.75 Å². The summed E-state index contributed by atoms with van der Waals surface area (Å²) >= 11 is 0. The molecule has 20 heavy (non-hydrogen) atoms. The predicted octanol–water partition coefficient (Wildman–Crippen LogP) is 1.93. The number of carbonyl (C=O) groups excluding carboxylic acids is 1. The van der Waals surface area contributed by atoms with Gasteiger partial charge >= 0.3 is 6.09 Å². The highest BCUT2D eigenvalue weighted by atomic mass is 19.1. The Hall–Kier alpha value is -1.82. The summed E-state index contributed by atoms with van der Waals surface area (Å²) in [5, 5.41) is 11.7. The second-order valence-corrected chi connectivity index (χ2v) is 5.56. The van der Waals surface area contributed by atoms with Crippen LogP contribution in [0.4, 0.5) is 9.18 Å². The molecule has 5 nitrogen and oxygen atoms in total. The molecule has 0 bridgehead atoms. The monoisotopic (exact) mass is 284 g/mol. The third-order valence-corrected chi connectivity index (χ3v) is 2.51. The van der Waals surface area contributed by atoms with Crippen LogP contribution >= 0.6 is 0 Å². The lowest BCUT2D eigenvalue weighted by Crippen LogP contribution is -2.44. The molecule has 0 radical (unpaired) electrons. The molecule has 0 aliphatic carbocycles. The first kappa shape index (κ1) is 16.2. The third kappa shape index (κ3) is 5.44. The van der Waals surface area contributed by atoms with Crippen LogP contribution in [0.1, 0.15) is 26.3 Å². The zero-order chi connectivity index (χ0) is 15.3. The lowest BCUT2D eigenvalue weighted by molar-refractivity contribution is 0.0505. The molecule has 1 atom stereocenters. The Labute approximate surface area is 117 Å². The lowest BCUT2D eigenvalue weighted by Gasteiger charge is -2.23. The average molecular weight is 284 g/mol. The number of halogens is 1. The van der Waals surface area contributed by atoms with Crippen molar-refractivity contribution in [3.05, 3.63) is 29.6 Å². The van der Waals surface area contributed by atoms with Gasteiger partial charge in [0.25, 0.3) is 0 Å². The second kappa shape index (κ2) is 6.56. The zero-order valence-corrected chi connectivity index (χ0v) is 11.9. The fourth-order valence-corrected chi connectivity index (χ4v) is 1.63. The van der Waals surface area contributed by atoms with E-state index < -0.39 is 23.6 Å². The number of rotatable bonds is 4. The van der Waals surface area contributed by atoms with Crippen molar-refractivity contribution in [1.29, 1.82) is 0 Å². The molecule has 0 heterocycles. The zero-order valence-electron chi connectivity index (χ0n) is 11.9. The Morgan fingerprint density at radius 2 is 2.15 bits per heavy atom. The largest absolute Gasteiger partial charge is 0.508 e. The van der Waals surface area contributed by atoms with Crippen molar-refractivity contribution in [3.63, 3.8) is 0 Å².